The van der Waals surface area contributed by atoms with Gasteiger partial charge in [-0.2, -0.15) is 0 Å². The predicted molar refractivity (Wildman–Crippen MR) is 229 cm³/mol. The van der Waals surface area contributed by atoms with Crippen LogP contribution >= 0.6 is 0 Å². The van der Waals surface area contributed by atoms with E-state index in [-0.39, 0.29) is 0 Å². The van der Waals surface area contributed by atoms with E-state index in [1.165, 1.54) is 0 Å². The lowest BCUT2D eigenvalue weighted by Crippen LogP contribution is -2.13. The smallest absolute Gasteiger partial charge is 0.161 e. The van der Waals surface area contributed by atoms with E-state index in [0.717, 1.165) is 55.2 Å². The Kier molecular flexibility index (Phi) is 7.88. The molecule has 0 saturated heterocycles. The maximum atomic E-state index is 5.44. The van der Waals surface area contributed by atoms with Gasteiger partial charge in [0.2, 0.25) is 0 Å². The molecule has 0 saturated carbocycles. The van der Waals surface area contributed by atoms with Gasteiger partial charge in [0.15, 0.2) is 23.3 Å². The van der Waals surface area contributed by atoms with Crippen LogP contribution in [0, 0.1) is 0 Å². The van der Waals surface area contributed by atoms with Crippen LogP contribution < -0.4 is 0 Å². The van der Waals surface area contributed by atoms with Crippen LogP contribution in [0.3, 0.4) is 0 Å². The van der Waals surface area contributed by atoms with Gasteiger partial charge >= 0.3 is 0 Å². The Morgan fingerprint density at radius 2 is 0.638 bits per heavy atom. The van der Waals surface area contributed by atoms with E-state index < -0.39 is 0 Å². The van der Waals surface area contributed by atoms with Crippen LogP contribution in [0.25, 0.3) is 67.4 Å². The molecule has 58 heavy (non-hydrogen) atoms. The molecule has 1 aliphatic heterocycles. The Balaban J connectivity index is 1.05. The number of aromatic nitrogens is 8. The molecule has 5 heterocycles. The zero-order valence-corrected chi connectivity index (χ0v) is 30.7. The normalized spacial score (nSPS) is 12.3. The first-order valence-corrected chi connectivity index (χ1v) is 18.9. The van der Waals surface area contributed by atoms with E-state index in [2.05, 4.69) is 54.6 Å². The van der Waals surface area contributed by atoms with Crippen molar-refractivity contribution in [1.82, 2.24) is 40.3 Å². The third-order valence-corrected chi connectivity index (χ3v) is 10.3. The molecule has 0 fully saturated rings. The maximum absolute atomic E-state index is 5.44. The minimum atomic E-state index is 0.667. The van der Waals surface area contributed by atoms with E-state index in [1.54, 1.807) is 0 Å². The molecule has 0 bridgehead atoms. The van der Waals surface area contributed by atoms with Gasteiger partial charge in [0.1, 0.15) is 11.4 Å². The Morgan fingerprint density at radius 3 is 1.03 bits per heavy atom. The summed E-state index contributed by atoms with van der Waals surface area (Å²) < 4.78 is 0. The van der Waals surface area contributed by atoms with E-state index in [4.69, 9.17) is 20.0 Å². The highest BCUT2D eigenvalue weighted by atomic mass is 15.2. The lowest BCUT2D eigenvalue weighted by molar-refractivity contribution is 1.10. The number of fused-ring (bicyclic) bond motifs is 4. The molecule has 1 aliphatic rings. The van der Waals surface area contributed by atoms with Gasteiger partial charge < -0.3 is 9.97 Å². The summed E-state index contributed by atoms with van der Waals surface area (Å²) in [5.74, 6) is 2.78. The molecule has 272 valence electrons. The highest BCUT2D eigenvalue weighted by Crippen LogP contribution is 2.36. The minimum absolute atomic E-state index is 0.667. The van der Waals surface area contributed by atoms with Gasteiger partial charge in [-0.25, -0.2) is 20.0 Å². The molecule has 11 rings (SSSR count). The third kappa shape index (κ3) is 6.02. The summed E-state index contributed by atoms with van der Waals surface area (Å²) in [6.45, 7) is 0. The maximum Gasteiger partial charge on any atom is 0.161 e. The number of aliphatic imine (C=N–C) groups is 2. The topological polar surface area (TPSA) is 134 Å². The zero-order valence-electron chi connectivity index (χ0n) is 30.7. The van der Waals surface area contributed by atoms with Gasteiger partial charge in [-0.1, -0.05) is 146 Å². The summed E-state index contributed by atoms with van der Waals surface area (Å²) in [5, 5.41) is 19.7. The zero-order chi connectivity index (χ0) is 38.4. The van der Waals surface area contributed by atoms with Crippen molar-refractivity contribution in [3.05, 3.63) is 192 Å². The minimum Gasteiger partial charge on any atom is -0.321 e. The summed E-state index contributed by atoms with van der Waals surface area (Å²) in [5.41, 5.74) is 11.3. The van der Waals surface area contributed by atoms with E-state index in [1.807, 2.05) is 146 Å². The second-order valence-corrected chi connectivity index (χ2v) is 13.9. The van der Waals surface area contributed by atoms with Crippen molar-refractivity contribution < 1.29 is 0 Å². The van der Waals surface area contributed by atoms with Crippen molar-refractivity contribution in [3.8, 4) is 45.6 Å². The Hall–Kier alpha value is -8.24. The first-order valence-electron chi connectivity index (χ1n) is 18.9. The van der Waals surface area contributed by atoms with Crippen molar-refractivity contribution in [2.75, 3.05) is 0 Å². The summed E-state index contributed by atoms with van der Waals surface area (Å²) >= 11 is 0. The number of nitrogens with one attached hydrogen (secondary N) is 2. The summed E-state index contributed by atoms with van der Waals surface area (Å²) in [6.07, 6.45) is 0. The largest absolute Gasteiger partial charge is 0.321 e. The molecule has 10 nitrogen and oxygen atoms in total. The molecule has 0 unspecified atom stereocenters. The molecule has 0 radical (unpaired) electrons. The van der Waals surface area contributed by atoms with Crippen molar-refractivity contribution in [1.29, 1.82) is 0 Å². The molecule has 0 aliphatic carbocycles. The molecule has 0 amide bonds. The van der Waals surface area contributed by atoms with Gasteiger partial charge in [0.05, 0.1) is 33.8 Å². The summed E-state index contributed by atoms with van der Waals surface area (Å²) in [6, 6.07) is 56.6. The fraction of sp³-hybridized carbons (Fsp3) is 0. The first-order chi connectivity index (χ1) is 28.7. The Labute approximate surface area is 331 Å². The number of pyridine rings is 2. The van der Waals surface area contributed by atoms with Crippen LogP contribution in [0.2, 0.25) is 0 Å². The van der Waals surface area contributed by atoms with Crippen LogP contribution in [0.15, 0.2) is 180 Å². The van der Waals surface area contributed by atoms with E-state index >= 15 is 0 Å². The van der Waals surface area contributed by atoms with Crippen molar-refractivity contribution >= 4 is 44.6 Å². The number of benzene rings is 6. The third-order valence-electron chi connectivity index (χ3n) is 10.3. The molecule has 0 atom stereocenters. The first kappa shape index (κ1) is 33.1. The Bertz CT molecular complexity index is 2980. The highest BCUT2D eigenvalue weighted by molar-refractivity contribution is 6.22. The number of aromatic amines is 2. The number of hydrogen-bond donors (Lipinski definition) is 2. The molecule has 0 spiro atoms. The van der Waals surface area contributed by atoms with Crippen LogP contribution in [-0.2, 0) is 0 Å². The number of H-pyrrole nitrogens is 2. The van der Waals surface area contributed by atoms with Crippen molar-refractivity contribution in [2.24, 2.45) is 9.98 Å². The lowest BCUT2D eigenvalue weighted by Gasteiger charge is -2.18. The molecule has 6 aromatic carbocycles. The SMILES string of the molecule is c1ccc(-c2nnc(-c3ccc(C4=Nc5cc6ccccc6nc5C(c5ccc(-c6nnc(-c7ccccc7)[nH]6)cc5)=Nc5cc6ccccc6nc54)cc3)[nH]2)cc1. The van der Waals surface area contributed by atoms with Gasteiger partial charge in [0.25, 0.3) is 0 Å². The van der Waals surface area contributed by atoms with Gasteiger partial charge in [-0.05, 0) is 24.3 Å². The fourth-order valence-electron chi connectivity index (χ4n) is 7.29. The average Bonchev–Trinajstić information content (AvgIpc) is 3.99. The number of hydrogen-bond acceptors (Lipinski definition) is 8. The van der Waals surface area contributed by atoms with Crippen molar-refractivity contribution in [3.63, 3.8) is 0 Å². The fourth-order valence-corrected chi connectivity index (χ4v) is 7.29. The van der Waals surface area contributed by atoms with Gasteiger partial charge in [0, 0.05) is 44.2 Å². The highest BCUT2D eigenvalue weighted by Gasteiger charge is 2.24. The molecule has 4 aromatic heterocycles. The molecule has 10 aromatic rings. The van der Waals surface area contributed by atoms with Crippen LogP contribution in [-0.4, -0.2) is 51.8 Å². The van der Waals surface area contributed by atoms with Gasteiger partial charge in [-0.15, -0.1) is 20.4 Å². The second kappa shape index (κ2) is 13.8. The monoisotopic (exact) mass is 746 g/mol. The van der Waals surface area contributed by atoms with E-state index in [9.17, 15) is 0 Å². The van der Waals surface area contributed by atoms with Crippen molar-refractivity contribution in [2.45, 2.75) is 0 Å². The van der Waals surface area contributed by atoms with Crippen LogP contribution in [0.1, 0.15) is 22.5 Å². The molecular formula is C48H30N10. The molecule has 2 N–H and O–H groups in total. The van der Waals surface area contributed by atoms with Crippen LogP contribution in [0.4, 0.5) is 11.4 Å². The molecule has 10 heteroatoms. The predicted octanol–water partition coefficient (Wildman–Crippen LogP) is 10.3. The second-order valence-electron chi connectivity index (χ2n) is 13.9. The van der Waals surface area contributed by atoms with Crippen LogP contribution in [0.5, 0.6) is 0 Å². The Morgan fingerprint density at radius 1 is 0.310 bits per heavy atom. The standard InChI is InChI=1S/C48H30N10/c1-3-11-31(12-4-1)45-53-47(57-55-45)33-23-19-29(20-24-33)41-43-39(27-35-15-7-9-17-37(35)49-43)52-42(44-40(51-41)28-36-16-8-10-18-38(36)50-44)30-21-25-34(26-22-30)48-54-46(56-58-48)32-13-5-2-6-14-32/h1-28H,(H,53,55,57)(H,54,56,58). The number of rotatable bonds is 6. The summed E-state index contributed by atoms with van der Waals surface area (Å²) in [4.78, 5) is 28.1. The quantitative estimate of drug-likeness (QED) is 0.174. The number of para-hydroxylation sites is 2. The molecular weight excluding hydrogens is 717 g/mol. The lowest BCUT2D eigenvalue weighted by atomic mass is 9.98. The number of nitrogens with zero attached hydrogens (tertiary/aromatic N) is 8. The average molecular weight is 747 g/mol. The summed E-state index contributed by atoms with van der Waals surface area (Å²) in [7, 11) is 0. The van der Waals surface area contributed by atoms with E-state index in [0.29, 0.717) is 57.5 Å². The van der Waals surface area contributed by atoms with Gasteiger partial charge in [-0.3, -0.25) is 0 Å².